The van der Waals surface area contributed by atoms with Crippen LogP contribution in [-0.4, -0.2) is 19.7 Å². The van der Waals surface area contributed by atoms with Gasteiger partial charge in [0.25, 0.3) is 5.56 Å². The van der Waals surface area contributed by atoms with Crippen molar-refractivity contribution in [3.63, 3.8) is 0 Å². The second kappa shape index (κ2) is 5.82. The molecule has 0 aliphatic heterocycles. The van der Waals surface area contributed by atoms with E-state index in [9.17, 15) is 9.90 Å². The number of para-hydroxylation sites is 1. The van der Waals surface area contributed by atoms with Gasteiger partial charge in [-0.2, -0.15) is 0 Å². The first kappa shape index (κ1) is 15.0. The zero-order valence-corrected chi connectivity index (χ0v) is 13.7. The topological polar surface area (TPSA) is 70.4 Å². The maximum atomic E-state index is 12.9. The van der Waals surface area contributed by atoms with Gasteiger partial charge in [0, 0.05) is 23.0 Å². The number of H-pyrrole nitrogens is 1. The minimum absolute atomic E-state index is 0.0899. The number of nitrogens with zero attached hydrogens (tertiary/aromatic N) is 2. The van der Waals surface area contributed by atoms with E-state index in [2.05, 4.69) is 10.1 Å². The Hall–Kier alpha value is -2.56. The normalized spacial score (nSPS) is 15.9. The monoisotopic (exact) mass is 323 g/mol. The molecule has 2 N–H and O–H groups in total. The summed E-state index contributed by atoms with van der Waals surface area (Å²) in [6.45, 7) is 2.01. The van der Waals surface area contributed by atoms with E-state index >= 15 is 0 Å². The molecule has 5 heteroatoms. The number of hydrogen-bond acceptors (Lipinski definition) is 3. The van der Waals surface area contributed by atoms with Crippen molar-refractivity contribution >= 4 is 5.65 Å². The maximum absolute atomic E-state index is 12.9. The van der Waals surface area contributed by atoms with E-state index in [4.69, 9.17) is 0 Å². The minimum atomic E-state index is -0.174. The summed E-state index contributed by atoms with van der Waals surface area (Å²) in [7, 11) is 0. The number of rotatable bonds is 2. The van der Waals surface area contributed by atoms with Crippen LogP contribution < -0.4 is 5.56 Å². The average Bonchev–Trinajstić information content (AvgIpc) is 2.94. The molecule has 0 atom stereocenters. The van der Waals surface area contributed by atoms with Gasteiger partial charge in [0.15, 0.2) is 5.65 Å². The van der Waals surface area contributed by atoms with Crippen LogP contribution in [0.25, 0.3) is 16.8 Å². The number of aryl methyl sites for hydroxylation is 1. The molecule has 0 unspecified atom stereocenters. The number of nitrogens with one attached hydrogen (secondary N) is 1. The molecule has 0 amide bonds. The van der Waals surface area contributed by atoms with E-state index in [-0.39, 0.29) is 11.3 Å². The van der Waals surface area contributed by atoms with Crippen LogP contribution in [0.3, 0.4) is 0 Å². The molecule has 1 fully saturated rings. The Morgan fingerprint density at radius 3 is 2.67 bits per heavy atom. The molecule has 124 valence electrons. The van der Waals surface area contributed by atoms with Gasteiger partial charge in [-0.15, -0.1) is 0 Å². The molecule has 0 bridgehead atoms. The van der Waals surface area contributed by atoms with Gasteiger partial charge in [-0.1, -0.05) is 37.5 Å². The molecule has 0 spiro atoms. The van der Waals surface area contributed by atoms with Crippen LogP contribution >= 0.6 is 0 Å². The summed E-state index contributed by atoms with van der Waals surface area (Å²) in [6.07, 6.45) is 7.68. The summed E-state index contributed by atoms with van der Waals surface area (Å²) in [5.41, 5.74) is 3.66. The molecule has 2 aromatic heterocycles. The summed E-state index contributed by atoms with van der Waals surface area (Å²) < 4.78 is 1.53. The van der Waals surface area contributed by atoms with Crippen LogP contribution in [-0.2, 0) is 0 Å². The van der Waals surface area contributed by atoms with Crippen molar-refractivity contribution in [3.8, 4) is 16.9 Å². The van der Waals surface area contributed by atoms with Crippen molar-refractivity contribution in [3.05, 3.63) is 52.1 Å². The molecule has 1 saturated carbocycles. The molecule has 4 rings (SSSR count). The summed E-state index contributed by atoms with van der Waals surface area (Å²) in [4.78, 5) is 17.5. The minimum Gasteiger partial charge on any atom is -0.507 e. The van der Waals surface area contributed by atoms with Crippen LogP contribution in [0.1, 0.15) is 49.3 Å². The highest BCUT2D eigenvalue weighted by molar-refractivity contribution is 5.69. The lowest BCUT2D eigenvalue weighted by Gasteiger charge is -2.21. The largest absolute Gasteiger partial charge is 0.507 e. The zero-order valence-electron chi connectivity index (χ0n) is 13.7. The molecule has 3 aromatic rings. The number of hydrogen-bond donors (Lipinski definition) is 2. The van der Waals surface area contributed by atoms with Crippen LogP contribution in [0.5, 0.6) is 5.75 Å². The zero-order chi connectivity index (χ0) is 16.7. The van der Waals surface area contributed by atoms with E-state index in [0.717, 1.165) is 24.2 Å². The number of phenolic OH excluding ortho intramolecular Hbond substituents is 1. The molecule has 24 heavy (non-hydrogen) atoms. The fourth-order valence-corrected chi connectivity index (χ4v) is 3.91. The van der Waals surface area contributed by atoms with Crippen LogP contribution in [0, 0.1) is 6.92 Å². The Morgan fingerprint density at radius 1 is 1.17 bits per heavy atom. The van der Waals surface area contributed by atoms with Crippen molar-refractivity contribution in [1.29, 1.82) is 0 Å². The number of fused-ring (bicyclic) bond motifs is 1. The van der Waals surface area contributed by atoms with Crippen molar-refractivity contribution in [2.45, 2.75) is 44.9 Å². The van der Waals surface area contributed by atoms with E-state index in [1.165, 1.54) is 29.3 Å². The van der Waals surface area contributed by atoms with Gasteiger partial charge in [0.1, 0.15) is 5.75 Å². The molecule has 0 radical (unpaired) electrons. The molecule has 1 aromatic carbocycles. The van der Waals surface area contributed by atoms with Crippen molar-refractivity contribution in [2.24, 2.45) is 0 Å². The molecule has 1 aliphatic carbocycles. The standard InChI is InChI=1S/C19H21N3O2/c1-12-17(13-7-3-2-4-8-13)18-20-11-15(19(24)22(18)21-12)14-9-5-6-10-16(14)23/h5-6,9-11,13,21,23H,2-4,7-8H2,1H3. The van der Waals surface area contributed by atoms with Gasteiger partial charge >= 0.3 is 0 Å². The Bertz CT molecular complexity index is 949. The highest BCUT2D eigenvalue weighted by atomic mass is 16.3. The first-order chi connectivity index (χ1) is 11.7. The van der Waals surface area contributed by atoms with Crippen molar-refractivity contribution < 1.29 is 5.11 Å². The summed E-state index contributed by atoms with van der Waals surface area (Å²) >= 11 is 0. The van der Waals surface area contributed by atoms with E-state index in [1.54, 1.807) is 30.5 Å². The van der Waals surface area contributed by atoms with E-state index < -0.39 is 0 Å². The van der Waals surface area contributed by atoms with Gasteiger partial charge in [-0.3, -0.25) is 9.89 Å². The van der Waals surface area contributed by atoms with Crippen molar-refractivity contribution in [2.75, 3.05) is 0 Å². The highest BCUT2D eigenvalue weighted by Gasteiger charge is 2.23. The number of aromatic hydroxyl groups is 1. The predicted molar refractivity (Wildman–Crippen MR) is 93.5 cm³/mol. The number of aromatic nitrogens is 3. The molecule has 0 saturated heterocycles. The van der Waals surface area contributed by atoms with Gasteiger partial charge in [-0.25, -0.2) is 9.50 Å². The summed E-state index contributed by atoms with van der Waals surface area (Å²) in [5, 5.41) is 13.2. The maximum Gasteiger partial charge on any atom is 0.280 e. The molecule has 2 heterocycles. The number of phenols is 1. The number of aromatic amines is 1. The lowest BCUT2D eigenvalue weighted by molar-refractivity contribution is 0.444. The quantitative estimate of drug-likeness (QED) is 0.754. The third-order valence-electron chi connectivity index (χ3n) is 5.09. The Balaban J connectivity index is 1.89. The Labute approximate surface area is 140 Å². The third-order valence-corrected chi connectivity index (χ3v) is 5.09. The molecular weight excluding hydrogens is 302 g/mol. The SMILES string of the molecule is Cc1[nH]n2c(=O)c(-c3ccccc3O)cnc2c1C1CCCCC1. The van der Waals surface area contributed by atoms with Crippen LogP contribution in [0.2, 0.25) is 0 Å². The number of benzene rings is 1. The first-order valence-corrected chi connectivity index (χ1v) is 8.55. The second-order valence-corrected chi connectivity index (χ2v) is 6.64. The van der Waals surface area contributed by atoms with Gasteiger partial charge in [0.2, 0.25) is 0 Å². The fourth-order valence-electron chi connectivity index (χ4n) is 3.91. The molecule has 1 aliphatic rings. The average molecular weight is 323 g/mol. The second-order valence-electron chi connectivity index (χ2n) is 6.64. The lowest BCUT2D eigenvalue weighted by atomic mass is 9.84. The smallest absolute Gasteiger partial charge is 0.280 e. The fraction of sp³-hybridized carbons (Fsp3) is 0.368. The van der Waals surface area contributed by atoms with E-state index in [0.29, 0.717) is 17.0 Å². The van der Waals surface area contributed by atoms with Gasteiger partial charge < -0.3 is 5.11 Å². The Kier molecular flexibility index (Phi) is 3.63. The van der Waals surface area contributed by atoms with Crippen molar-refractivity contribution in [1.82, 2.24) is 14.6 Å². The van der Waals surface area contributed by atoms with Crippen LogP contribution in [0.15, 0.2) is 35.3 Å². The predicted octanol–water partition coefficient (Wildman–Crippen LogP) is 3.75. The van der Waals surface area contributed by atoms with Crippen LogP contribution in [0.4, 0.5) is 0 Å². The summed E-state index contributed by atoms with van der Waals surface area (Å²) in [6, 6.07) is 6.86. The van der Waals surface area contributed by atoms with E-state index in [1.807, 2.05) is 6.92 Å². The highest BCUT2D eigenvalue weighted by Crippen LogP contribution is 2.36. The Morgan fingerprint density at radius 2 is 1.92 bits per heavy atom. The third kappa shape index (κ3) is 2.31. The first-order valence-electron chi connectivity index (χ1n) is 8.55. The van der Waals surface area contributed by atoms with Gasteiger partial charge in [0.05, 0.1) is 5.56 Å². The summed E-state index contributed by atoms with van der Waals surface area (Å²) in [5.74, 6) is 0.565. The molecule has 5 nitrogen and oxygen atoms in total. The lowest BCUT2D eigenvalue weighted by Crippen LogP contribution is -2.17. The molecular formula is C19H21N3O2. The van der Waals surface area contributed by atoms with Gasteiger partial charge in [-0.05, 0) is 31.7 Å².